The van der Waals surface area contributed by atoms with Crippen LogP contribution in [0.15, 0.2) is 12.2 Å². The van der Waals surface area contributed by atoms with E-state index in [1.165, 1.54) is 11.3 Å². The molecule has 1 aliphatic carbocycles. The lowest BCUT2D eigenvalue weighted by Gasteiger charge is -2.33. The molecule has 2 rings (SSSR count). The number of carbonyl (C=O) groups is 2. The number of hydrogen-bond acceptors (Lipinski definition) is 4. The molecule has 0 saturated carbocycles. The van der Waals surface area contributed by atoms with Crippen LogP contribution in [0.1, 0.15) is 43.2 Å². The van der Waals surface area contributed by atoms with E-state index >= 15 is 0 Å². The van der Waals surface area contributed by atoms with Crippen LogP contribution in [0, 0.1) is 22.7 Å². The zero-order chi connectivity index (χ0) is 17.2. The average molecular weight is 332 g/mol. The van der Waals surface area contributed by atoms with Crippen molar-refractivity contribution in [1.82, 2.24) is 0 Å². The van der Waals surface area contributed by atoms with Gasteiger partial charge in [-0.1, -0.05) is 20.8 Å². The average Bonchev–Trinajstić information content (AvgIpc) is 2.80. The molecule has 0 bridgehead atoms. The highest BCUT2D eigenvalue weighted by molar-refractivity contribution is 7.16. The molecule has 1 aliphatic rings. The van der Waals surface area contributed by atoms with Crippen molar-refractivity contribution < 1.29 is 14.7 Å². The van der Waals surface area contributed by atoms with Gasteiger partial charge in [-0.05, 0) is 36.2 Å². The zero-order valence-corrected chi connectivity index (χ0v) is 14.3. The fraction of sp³-hybridized carbons (Fsp3) is 0.471. The van der Waals surface area contributed by atoms with Gasteiger partial charge in [0.1, 0.15) is 11.1 Å². The molecule has 1 amide bonds. The fourth-order valence-electron chi connectivity index (χ4n) is 2.83. The van der Waals surface area contributed by atoms with Crippen LogP contribution < -0.4 is 5.32 Å². The van der Waals surface area contributed by atoms with Gasteiger partial charge >= 0.3 is 5.97 Å². The van der Waals surface area contributed by atoms with Gasteiger partial charge in [-0.25, -0.2) is 4.79 Å². The number of nitrogens with one attached hydrogen (secondary N) is 1. The van der Waals surface area contributed by atoms with Crippen molar-refractivity contribution in [2.24, 2.45) is 11.3 Å². The summed E-state index contributed by atoms with van der Waals surface area (Å²) in [7, 11) is 0. The molecule has 0 spiro atoms. The minimum Gasteiger partial charge on any atom is -0.478 e. The highest BCUT2D eigenvalue weighted by Crippen LogP contribution is 2.43. The van der Waals surface area contributed by atoms with Gasteiger partial charge in [-0.3, -0.25) is 4.79 Å². The van der Waals surface area contributed by atoms with Crippen molar-refractivity contribution in [2.75, 3.05) is 5.32 Å². The van der Waals surface area contributed by atoms with E-state index in [0.29, 0.717) is 16.5 Å². The predicted molar refractivity (Wildman–Crippen MR) is 89.4 cm³/mol. The lowest BCUT2D eigenvalue weighted by atomic mass is 9.72. The van der Waals surface area contributed by atoms with Crippen LogP contribution in [-0.4, -0.2) is 17.0 Å². The van der Waals surface area contributed by atoms with Gasteiger partial charge < -0.3 is 10.4 Å². The fourth-order valence-corrected chi connectivity index (χ4v) is 4.11. The largest absolute Gasteiger partial charge is 0.478 e. The van der Waals surface area contributed by atoms with Gasteiger partial charge in [0, 0.05) is 17.0 Å². The predicted octanol–water partition coefficient (Wildman–Crippen LogP) is 3.35. The number of rotatable bonds is 3. The van der Waals surface area contributed by atoms with Crippen LogP contribution in [0.25, 0.3) is 0 Å². The minimum absolute atomic E-state index is 0.210. The summed E-state index contributed by atoms with van der Waals surface area (Å²) >= 11 is 1.43. The van der Waals surface area contributed by atoms with E-state index in [-0.39, 0.29) is 5.41 Å². The first-order valence-corrected chi connectivity index (χ1v) is 8.30. The molecule has 0 radical (unpaired) electrons. The normalized spacial score (nSPS) is 17.6. The molecule has 2 N–H and O–H groups in total. The highest BCUT2D eigenvalue weighted by atomic mass is 32.1. The number of carbonyl (C=O) groups excluding carboxylic acids is 1. The van der Waals surface area contributed by atoms with E-state index in [4.69, 9.17) is 5.11 Å². The van der Waals surface area contributed by atoms with Crippen LogP contribution in [0.3, 0.4) is 0 Å². The van der Waals surface area contributed by atoms with Crippen LogP contribution in [-0.2, 0) is 22.4 Å². The first kappa shape index (κ1) is 17.2. The molecule has 0 unspecified atom stereocenters. The SMILES string of the molecule is CC(C)(C)[C@@H]1CCc2c(sc(NC(=O)/C=C/C(=O)O)c2C#N)C1. The first-order chi connectivity index (χ1) is 10.7. The smallest absolute Gasteiger partial charge is 0.328 e. The summed E-state index contributed by atoms with van der Waals surface area (Å²) in [6.07, 6.45) is 4.54. The number of carboxylic acids is 1. The third-order valence-electron chi connectivity index (χ3n) is 4.22. The minimum atomic E-state index is -1.18. The lowest BCUT2D eigenvalue weighted by Crippen LogP contribution is -2.26. The Morgan fingerprint density at radius 1 is 1.39 bits per heavy atom. The maximum Gasteiger partial charge on any atom is 0.328 e. The van der Waals surface area contributed by atoms with E-state index in [2.05, 4.69) is 32.2 Å². The van der Waals surface area contributed by atoms with Gasteiger partial charge in [0.15, 0.2) is 0 Å². The van der Waals surface area contributed by atoms with Gasteiger partial charge in [0.05, 0.1) is 5.56 Å². The number of anilines is 1. The third-order valence-corrected chi connectivity index (χ3v) is 5.39. The number of aliphatic carboxylic acids is 1. The molecular weight excluding hydrogens is 312 g/mol. The number of carboxylic acid groups (broad SMARTS) is 1. The Hall–Kier alpha value is -2.13. The molecule has 1 heterocycles. The van der Waals surface area contributed by atoms with Crippen molar-refractivity contribution in [3.63, 3.8) is 0 Å². The number of hydrogen-bond donors (Lipinski definition) is 2. The summed E-state index contributed by atoms with van der Waals surface area (Å²) in [6, 6.07) is 2.18. The molecule has 6 heteroatoms. The summed E-state index contributed by atoms with van der Waals surface area (Å²) in [4.78, 5) is 23.4. The first-order valence-electron chi connectivity index (χ1n) is 7.49. The highest BCUT2D eigenvalue weighted by Gasteiger charge is 2.32. The maximum atomic E-state index is 11.8. The summed E-state index contributed by atoms with van der Waals surface area (Å²) in [5.41, 5.74) is 1.77. The van der Waals surface area contributed by atoms with Crippen LogP contribution in [0.5, 0.6) is 0 Å². The number of fused-ring (bicyclic) bond motifs is 1. The zero-order valence-electron chi connectivity index (χ0n) is 13.5. The van der Waals surface area contributed by atoms with E-state index in [1.807, 2.05) is 0 Å². The Morgan fingerprint density at radius 3 is 2.65 bits per heavy atom. The van der Waals surface area contributed by atoms with Crippen molar-refractivity contribution in [1.29, 1.82) is 5.26 Å². The molecule has 0 saturated heterocycles. The van der Waals surface area contributed by atoms with E-state index in [9.17, 15) is 14.9 Å². The second-order valence-electron chi connectivity index (χ2n) is 6.79. The number of amides is 1. The standard InChI is InChI=1S/C17H20N2O3S/c1-17(2,3)10-4-5-11-12(9-18)16(23-13(11)8-10)19-14(20)6-7-15(21)22/h6-7,10H,4-5,8H2,1-3H3,(H,19,20)(H,21,22)/b7-6+/t10-/m1/s1. The van der Waals surface area contributed by atoms with Crippen LogP contribution >= 0.6 is 11.3 Å². The Labute approximate surface area is 139 Å². The van der Waals surface area contributed by atoms with Gasteiger partial charge in [0.2, 0.25) is 5.91 Å². The maximum absolute atomic E-state index is 11.8. The number of nitrogens with zero attached hydrogens (tertiary/aromatic N) is 1. The number of nitriles is 1. The molecule has 0 fully saturated rings. The van der Waals surface area contributed by atoms with Gasteiger partial charge in [-0.2, -0.15) is 5.26 Å². The second kappa shape index (κ2) is 6.55. The van der Waals surface area contributed by atoms with Crippen LogP contribution in [0.4, 0.5) is 5.00 Å². The Bertz CT molecular complexity index is 705. The Balaban J connectivity index is 2.24. The topological polar surface area (TPSA) is 90.2 Å². The Kier molecular flexibility index (Phi) is 4.90. The van der Waals surface area contributed by atoms with Crippen molar-refractivity contribution in [3.05, 3.63) is 28.2 Å². The molecule has 1 atom stereocenters. The molecule has 0 aliphatic heterocycles. The summed E-state index contributed by atoms with van der Waals surface area (Å²) in [5, 5.41) is 21.1. The summed E-state index contributed by atoms with van der Waals surface area (Å²) < 4.78 is 0. The lowest BCUT2D eigenvalue weighted by molar-refractivity contribution is -0.131. The third kappa shape index (κ3) is 3.99. The quantitative estimate of drug-likeness (QED) is 0.831. The molecule has 23 heavy (non-hydrogen) atoms. The molecular formula is C17H20N2O3S. The number of thiophene rings is 1. The summed E-state index contributed by atoms with van der Waals surface area (Å²) in [6.45, 7) is 6.67. The van der Waals surface area contributed by atoms with E-state index in [1.54, 1.807) is 0 Å². The van der Waals surface area contributed by atoms with Crippen molar-refractivity contribution >= 4 is 28.2 Å². The monoisotopic (exact) mass is 332 g/mol. The molecule has 0 aromatic carbocycles. The molecule has 1 aromatic rings. The molecule has 5 nitrogen and oxygen atoms in total. The summed E-state index contributed by atoms with van der Waals surface area (Å²) in [5.74, 6) is -1.16. The van der Waals surface area contributed by atoms with E-state index < -0.39 is 11.9 Å². The Morgan fingerprint density at radius 2 is 2.09 bits per heavy atom. The van der Waals surface area contributed by atoms with Gasteiger partial charge in [-0.15, -0.1) is 11.3 Å². The van der Waals surface area contributed by atoms with Crippen molar-refractivity contribution in [2.45, 2.75) is 40.0 Å². The second-order valence-corrected chi connectivity index (χ2v) is 7.89. The van der Waals surface area contributed by atoms with Crippen molar-refractivity contribution in [3.8, 4) is 6.07 Å². The van der Waals surface area contributed by atoms with Crippen LogP contribution in [0.2, 0.25) is 0 Å². The molecule has 122 valence electrons. The van der Waals surface area contributed by atoms with E-state index in [0.717, 1.165) is 41.9 Å². The van der Waals surface area contributed by atoms with Gasteiger partial charge in [0.25, 0.3) is 0 Å². The molecule has 1 aromatic heterocycles.